The van der Waals surface area contributed by atoms with E-state index in [1.165, 1.54) is 0 Å². The third-order valence-electron chi connectivity index (χ3n) is 5.07. The van der Waals surface area contributed by atoms with Crippen LogP contribution < -0.4 is 20.1 Å². The van der Waals surface area contributed by atoms with Crippen LogP contribution in [0.5, 0.6) is 11.5 Å². The SMILES string of the molecule is CCOc1ccc(C(=O)NC(C(=O)Nc2ccc(OCc3nccn3C)cc2)C(C)C)cc1. The third-order valence-corrected chi connectivity index (χ3v) is 5.07. The fraction of sp³-hybridized carbons (Fsp3) is 0.320. The normalized spacial score (nSPS) is 11.7. The van der Waals surface area contributed by atoms with Crippen LogP contribution in [-0.4, -0.2) is 34.0 Å². The molecule has 8 heteroatoms. The maximum Gasteiger partial charge on any atom is 0.251 e. The van der Waals surface area contributed by atoms with Gasteiger partial charge in [0.05, 0.1) is 6.61 Å². The standard InChI is InChI=1S/C25H30N4O4/c1-5-32-20-10-6-18(7-11-20)24(30)28-23(17(2)3)25(31)27-19-8-12-21(13-9-19)33-16-22-26-14-15-29(22)4/h6-15,17,23H,5,16H2,1-4H3,(H,27,31)(H,28,30). The molecule has 0 aliphatic rings. The molecule has 0 bridgehead atoms. The molecule has 2 amide bonds. The van der Waals surface area contributed by atoms with Gasteiger partial charge in [-0.15, -0.1) is 0 Å². The molecule has 0 saturated carbocycles. The van der Waals surface area contributed by atoms with Crippen LogP contribution in [0.2, 0.25) is 0 Å². The van der Waals surface area contributed by atoms with Gasteiger partial charge in [0.15, 0.2) is 0 Å². The number of hydrogen-bond acceptors (Lipinski definition) is 5. The fourth-order valence-corrected chi connectivity index (χ4v) is 3.17. The van der Waals surface area contributed by atoms with Gasteiger partial charge in [-0.05, 0) is 61.4 Å². The zero-order valence-electron chi connectivity index (χ0n) is 19.4. The summed E-state index contributed by atoms with van der Waals surface area (Å²) in [6.45, 7) is 6.57. The largest absolute Gasteiger partial charge is 0.494 e. The van der Waals surface area contributed by atoms with E-state index in [9.17, 15) is 9.59 Å². The molecular weight excluding hydrogens is 420 g/mol. The van der Waals surface area contributed by atoms with Gasteiger partial charge in [0.2, 0.25) is 5.91 Å². The summed E-state index contributed by atoms with van der Waals surface area (Å²) in [7, 11) is 1.91. The van der Waals surface area contributed by atoms with Crippen molar-refractivity contribution in [2.75, 3.05) is 11.9 Å². The second-order valence-electron chi connectivity index (χ2n) is 7.91. The highest BCUT2D eigenvalue weighted by Gasteiger charge is 2.25. The zero-order valence-corrected chi connectivity index (χ0v) is 19.4. The maximum atomic E-state index is 12.9. The number of rotatable bonds is 10. The molecule has 3 rings (SSSR count). The molecule has 0 saturated heterocycles. The first-order chi connectivity index (χ1) is 15.9. The minimum Gasteiger partial charge on any atom is -0.494 e. The van der Waals surface area contributed by atoms with Crippen molar-refractivity contribution in [3.8, 4) is 11.5 Å². The number of aryl methyl sites for hydroxylation is 1. The third kappa shape index (κ3) is 6.58. The Morgan fingerprint density at radius 3 is 2.21 bits per heavy atom. The molecule has 33 heavy (non-hydrogen) atoms. The van der Waals surface area contributed by atoms with E-state index in [4.69, 9.17) is 9.47 Å². The summed E-state index contributed by atoms with van der Waals surface area (Å²) in [6.07, 6.45) is 3.58. The number of amides is 2. The highest BCUT2D eigenvalue weighted by atomic mass is 16.5. The van der Waals surface area contributed by atoms with Gasteiger partial charge in [-0.25, -0.2) is 4.98 Å². The zero-order chi connectivity index (χ0) is 23.8. The molecule has 0 spiro atoms. The highest BCUT2D eigenvalue weighted by molar-refractivity contribution is 6.01. The van der Waals surface area contributed by atoms with Crippen molar-refractivity contribution in [1.29, 1.82) is 0 Å². The molecule has 1 unspecified atom stereocenters. The first-order valence-corrected chi connectivity index (χ1v) is 10.9. The van der Waals surface area contributed by atoms with E-state index in [0.29, 0.717) is 36.0 Å². The lowest BCUT2D eigenvalue weighted by Gasteiger charge is -2.22. The molecule has 0 aliphatic carbocycles. The van der Waals surface area contributed by atoms with Crippen molar-refractivity contribution in [3.63, 3.8) is 0 Å². The first kappa shape index (κ1) is 23.8. The number of anilines is 1. The van der Waals surface area contributed by atoms with Crippen molar-refractivity contribution in [1.82, 2.24) is 14.9 Å². The summed E-state index contributed by atoms with van der Waals surface area (Å²) in [6, 6.07) is 13.2. The molecule has 0 fully saturated rings. The van der Waals surface area contributed by atoms with Crippen LogP contribution in [0.15, 0.2) is 60.9 Å². The summed E-state index contributed by atoms with van der Waals surface area (Å²) in [5.41, 5.74) is 1.08. The van der Waals surface area contributed by atoms with Crippen molar-refractivity contribution >= 4 is 17.5 Å². The number of aromatic nitrogens is 2. The van der Waals surface area contributed by atoms with Crippen molar-refractivity contribution in [2.45, 2.75) is 33.4 Å². The number of nitrogens with zero attached hydrogens (tertiary/aromatic N) is 2. The van der Waals surface area contributed by atoms with Gasteiger partial charge >= 0.3 is 0 Å². The minimum absolute atomic E-state index is 0.1000. The van der Waals surface area contributed by atoms with Crippen LogP contribution in [0, 0.1) is 5.92 Å². The van der Waals surface area contributed by atoms with Gasteiger partial charge in [0, 0.05) is 30.7 Å². The smallest absolute Gasteiger partial charge is 0.251 e. The minimum atomic E-state index is -0.691. The molecule has 0 aliphatic heterocycles. The number of imidazole rings is 1. The molecule has 2 aromatic carbocycles. The Morgan fingerprint density at radius 1 is 1.00 bits per heavy atom. The van der Waals surface area contributed by atoms with Gasteiger partial charge in [0.1, 0.15) is 30.0 Å². The molecule has 1 heterocycles. The van der Waals surface area contributed by atoms with Gasteiger partial charge in [-0.2, -0.15) is 0 Å². The average Bonchev–Trinajstić information content (AvgIpc) is 3.22. The Bertz CT molecular complexity index is 1060. The lowest BCUT2D eigenvalue weighted by Crippen LogP contribution is -2.47. The number of nitrogens with one attached hydrogen (secondary N) is 2. The fourth-order valence-electron chi connectivity index (χ4n) is 3.17. The number of hydrogen-bond donors (Lipinski definition) is 2. The molecule has 8 nitrogen and oxygen atoms in total. The van der Waals surface area contributed by atoms with Gasteiger partial charge in [-0.3, -0.25) is 9.59 Å². The van der Waals surface area contributed by atoms with Crippen molar-refractivity contribution < 1.29 is 19.1 Å². The molecule has 2 N–H and O–H groups in total. The van der Waals surface area contributed by atoms with Crippen LogP contribution in [0.4, 0.5) is 5.69 Å². The second-order valence-corrected chi connectivity index (χ2v) is 7.91. The lowest BCUT2D eigenvalue weighted by atomic mass is 10.0. The van der Waals surface area contributed by atoms with Crippen molar-refractivity contribution in [3.05, 3.63) is 72.3 Å². The van der Waals surface area contributed by atoms with E-state index in [2.05, 4.69) is 15.6 Å². The Morgan fingerprint density at radius 2 is 1.64 bits per heavy atom. The molecule has 3 aromatic rings. The quantitative estimate of drug-likeness (QED) is 0.490. The summed E-state index contributed by atoms with van der Waals surface area (Å²) in [5, 5.41) is 5.70. The molecule has 1 aromatic heterocycles. The Kier molecular flexibility index (Phi) is 8.07. The maximum absolute atomic E-state index is 12.9. The van der Waals surface area contributed by atoms with Crippen LogP contribution in [0.1, 0.15) is 37.0 Å². The lowest BCUT2D eigenvalue weighted by molar-refractivity contribution is -0.118. The van der Waals surface area contributed by atoms with E-state index in [0.717, 1.165) is 5.82 Å². The predicted molar refractivity (Wildman–Crippen MR) is 126 cm³/mol. The van der Waals surface area contributed by atoms with E-state index in [1.54, 1.807) is 54.7 Å². The van der Waals surface area contributed by atoms with Crippen LogP contribution in [-0.2, 0) is 18.4 Å². The van der Waals surface area contributed by atoms with Gasteiger partial charge in [0.25, 0.3) is 5.91 Å². The van der Waals surface area contributed by atoms with E-state index < -0.39 is 6.04 Å². The average molecular weight is 451 g/mol. The Balaban J connectivity index is 1.58. The summed E-state index contributed by atoms with van der Waals surface area (Å²) >= 11 is 0. The van der Waals surface area contributed by atoms with E-state index >= 15 is 0 Å². The topological polar surface area (TPSA) is 94.5 Å². The summed E-state index contributed by atoms with van der Waals surface area (Å²) in [4.78, 5) is 29.8. The number of ether oxygens (including phenoxy) is 2. The first-order valence-electron chi connectivity index (χ1n) is 10.9. The predicted octanol–water partition coefficient (Wildman–Crippen LogP) is 3.79. The van der Waals surface area contributed by atoms with E-state index in [-0.39, 0.29) is 17.7 Å². The molecule has 1 atom stereocenters. The van der Waals surface area contributed by atoms with Crippen LogP contribution in [0.25, 0.3) is 0 Å². The Hall–Kier alpha value is -3.81. The van der Waals surface area contributed by atoms with Crippen LogP contribution in [0.3, 0.4) is 0 Å². The van der Waals surface area contributed by atoms with Gasteiger partial charge < -0.3 is 24.7 Å². The van der Waals surface area contributed by atoms with Crippen molar-refractivity contribution in [2.24, 2.45) is 13.0 Å². The number of carbonyl (C=O) groups is 2. The molecule has 174 valence electrons. The van der Waals surface area contributed by atoms with Crippen LogP contribution >= 0.6 is 0 Å². The number of benzene rings is 2. The van der Waals surface area contributed by atoms with Gasteiger partial charge in [-0.1, -0.05) is 13.8 Å². The number of carbonyl (C=O) groups excluding carboxylic acids is 2. The van der Waals surface area contributed by atoms with E-state index in [1.807, 2.05) is 38.6 Å². The monoisotopic (exact) mass is 450 g/mol. The molecule has 0 radical (unpaired) electrons. The molecular formula is C25H30N4O4. The summed E-state index contributed by atoms with van der Waals surface area (Å²) < 4.78 is 13.0. The summed E-state index contributed by atoms with van der Waals surface area (Å²) in [5.74, 6) is 1.48. The highest BCUT2D eigenvalue weighted by Crippen LogP contribution is 2.18. The Labute approximate surface area is 193 Å². The second kappa shape index (κ2) is 11.2.